The number of aryl methyl sites for hydroxylation is 1. The van der Waals surface area contributed by atoms with Crippen molar-refractivity contribution < 1.29 is 4.79 Å². The van der Waals surface area contributed by atoms with Gasteiger partial charge in [-0.05, 0) is 41.0 Å². The summed E-state index contributed by atoms with van der Waals surface area (Å²) in [7, 11) is 1.88. The Bertz CT molecular complexity index is 1480. The van der Waals surface area contributed by atoms with Gasteiger partial charge in [0.25, 0.3) is 0 Å². The molecule has 0 saturated carbocycles. The van der Waals surface area contributed by atoms with E-state index >= 15 is 0 Å². The van der Waals surface area contributed by atoms with Crippen LogP contribution in [0.25, 0.3) is 22.0 Å². The molecule has 0 aliphatic heterocycles. The summed E-state index contributed by atoms with van der Waals surface area (Å²) in [6.45, 7) is 0.534. The van der Waals surface area contributed by atoms with E-state index < -0.39 is 0 Å². The molecule has 1 N–H and O–H groups in total. The molecule has 0 unspecified atom stereocenters. The van der Waals surface area contributed by atoms with Gasteiger partial charge in [0.05, 0.1) is 36.1 Å². The highest BCUT2D eigenvalue weighted by atomic mass is 16.1. The lowest BCUT2D eigenvalue weighted by Gasteiger charge is -2.02. The van der Waals surface area contributed by atoms with E-state index in [0.717, 1.165) is 33.2 Å². The molecule has 5 aromatic rings. The molecule has 0 fully saturated rings. The molecule has 0 aliphatic carbocycles. The van der Waals surface area contributed by atoms with Crippen molar-refractivity contribution in [3.05, 3.63) is 89.6 Å². The van der Waals surface area contributed by atoms with Crippen LogP contribution in [0, 0.1) is 11.3 Å². The fourth-order valence-electron chi connectivity index (χ4n) is 3.76. The first-order chi connectivity index (χ1) is 15.6. The van der Waals surface area contributed by atoms with Gasteiger partial charge in [0.1, 0.15) is 5.69 Å². The van der Waals surface area contributed by atoms with Gasteiger partial charge in [-0.2, -0.15) is 20.6 Å². The first-order valence-electron chi connectivity index (χ1n) is 10.1. The van der Waals surface area contributed by atoms with Crippen LogP contribution in [0.3, 0.4) is 0 Å². The van der Waals surface area contributed by atoms with E-state index in [1.54, 1.807) is 27.8 Å². The highest BCUT2D eigenvalue weighted by Gasteiger charge is 2.16. The van der Waals surface area contributed by atoms with Gasteiger partial charge in [0, 0.05) is 36.8 Å². The second-order valence-corrected chi connectivity index (χ2v) is 7.69. The highest BCUT2D eigenvalue weighted by molar-refractivity contribution is 6.07. The van der Waals surface area contributed by atoms with E-state index in [1.165, 1.54) is 0 Å². The van der Waals surface area contributed by atoms with E-state index in [9.17, 15) is 4.79 Å². The van der Waals surface area contributed by atoms with Crippen LogP contribution in [0.1, 0.15) is 27.2 Å². The number of carbonyl (C=O) groups is 1. The molecule has 0 atom stereocenters. The number of rotatable bonds is 6. The molecule has 156 valence electrons. The second kappa shape index (κ2) is 7.96. The molecule has 32 heavy (non-hydrogen) atoms. The molecule has 0 amide bonds. The first kappa shape index (κ1) is 19.5. The Morgan fingerprint density at radius 1 is 1.06 bits per heavy atom. The lowest BCUT2D eigenvalue weighted by molar-refractivity contribution is 0.0989. The van der Waals surface area contributed by atoms with Gasteiger partial charge in [0.15, 0.2) is 5.78 Å². The Balaban J connectivity index is 1.32. The number of hydrogen-bond acceptors (Lipinski definition) is 5. The van der Waals surface area contributed by atoms with Crippen LogP contribution >= 0.6 is 0 Å². The summed E-state index contributed by atoms with van der Waals surface area (Å²) in [5.74, 6) is -0.0728. The lowest BCUT2D eigenvalue weighted by Crippen LogP contribution is -2.04. The predicted molar refractivity (Wildman–Crippen MR) is 119 cm³/mol. The molecule has 0 aliphatic rings. The third-order valence-electron chi connectivity index (χ3n) is 5.32. The van der Waals surface area contributed by atoms with Crippen molar-refractivity contribution in [2.45, 2.75) is 13.0 Å². The van der Waals surface area contributed by atoms with Crippen molar-refractivity contribution >= 4 is 16.7 Å². The zero-order valence-electron chi connectivity index (χ0n) is 17.4. The smallest absolute Gasteiger partial charge is 0.188 e. The Morgan fingerprint density at radius 2 is 1.97 bits per heavy atom. The normalized spacial score (nSPS) is 11.0. The SMILES string of the molecule is Cn1cc(-c2ccc3c(C(=O)Cc4cnn(Cc5cccc(C#N)c5)c4)n[nH]c3c2)cn1. The van der Waals surface area contributed by atoms with Crippen LogP contribution < -0.4 is 0 Å². The third-order valence-corrected chi connectivity index (χ3v) is 5.32. The quantitative estimate of drug-likeness (QED) is 0.423. The number of nitriles is 1. The van der Waals surface area contributed by atoms with Gasteiger partial charge in [-0.25, -0.2) is 0 Å². The van der Waals surface area contributed by atoms with E-state index in [4.69, 9.17) is 5.26 Å². The van der Waals surface area contributed by atoms with Crippen molar-refractivity contribution in [1.29, 1.82) is 5.26 Å². The molecule has 8 heteroatoms. The van der Waals surface area contributed by atoms with E-state index in [1.807, 2.05) is 55.8 Å². The Kier molecular flexibility index (Phi) is 4.84. The average molecular weight is 421 g/mol. The molecular weight excluding hydrogens is 402 g/mol. The Labute approximate surface area is 183 Å². The van der Waals surface area contributed by atoms with Crippen LogP contribution in [0.4, 0.5) is 0 Å². The van der Waals surface area contributed by atoms with Crippen LogP contribution in [0.5, 0.6) is 0 Å². The minimum atomic E-state index is -0.0728. The molecular formula is C24H19N7O. The standard InChI is InChI=1S/C24H19N7O/c1-30-15-20(12-26-30)19-5-6-21-22(9-19)28-29-24(21)23(32)8-18-11-27-31(14-18)13-17-4-2-3-16(7-17)10-25/h2-7,9,11-12,14-15H,8,13H2,1H3,(H,28,29). The van der Waals surface area contributed by atoms with Crippen LogP contribution in [-0.2, 0) is 20.0 Å². The maximum absolute atomic E-state index is 12.9. The summed E-state index contributed by atoms with van der Waals surface area (Å²) in [5.41, 5.74) is 5.65. The van der Waals surface area contributed by atoms with Gasteiger partial charge in [0.2, 0.25) is 0 Å². The van der Waals surface area contributed by atoms with E-state index in [2.05, 4.69) is 26.5 Å². The molecule has 0 bridgehead atoms. The Hall–Kier alpha value is -4.51. The van der Waals surface area contributed by atoms with E-state index in [0.29, 0.717) is 17.8 Å². The van der Waals surface area contributed by atoms with Crippen molar-refractivity contribution in [1.82, 2.24) is 29.8 Å². The minimum absolute atomic E-state index is 0.0728. The molecule has 0 saturated heterocycles. The number of fused-ring (bicyclic) bond motifs is 1. The van der Waals surface area contributed by atoms with Crippen LogP contribution in [0.2, 0.25) is 0 Å². The summed E-state index contributed by atoms with van der Waals surface area (Å²) >= 11 is 0. The molecule has 0 spiro atoms. The fourth-order valence-corrected chi connectivity index (χ4v) is 3.76. The molecule has 3 heterocycles. The van der Waals surface area contributed by atoms with Crippen molar-refractivity contribution in [2.24, 2.45) is 7.05 Å². The summed E-state index contributed by atoms with van der Waals surface area (Å²) in [5, 5.41) is 25.7. The van der Waals surface area contributed by atoms with Crippen molar-refractivity contribution in [2.75, 3.05) is 0 Å². The third kappa shape index (κ3) is 3.79. The summed E-state index contributed by atoms with van der Waals surface area (Å²) in [6.07, 6.45) is 7.51. The maximum Gasteiger partial charge on any atom is 0.188 e. The fraction of sp³-hybridized carbons (Fsp3) is 0.125. The summed E-state index contributed by atoms with van der Waals surface area (Å²) in [6, 6.07) is 15.4. The lowest BCUT2D eigenvalue weighted by atomic mass is 10.0. The van der Waals surface area contributed by atoms with Gasteiger partial charge in [-0.3, -0.25) is 19.3 Å². The number of aromatic nitrogens is 6. The monoisotopic (exact) mass is 421 g/mol. The molecule has 0 radical (unpaired) electrons. The average Bonchev–Trinajstić information content (AvgIpc) is 3.53. The molecule has 2 aromatic carbocycles. The largest absolute Gasteiger partial charge is 0.292 e. The van der Waals surface area contributed by atoms with Crippen LogP contribution in [0.15, 0.2) is 67.3 Å². The molecule has 3 aromatic heterocycles. The van der Waals surface area contributed by atoms with Gasteiger partial charge < -0.3 is 0 Å². The number of H-pyrrole nitrogens is 1. The van der Waals surface area contributed by atoms with Crippen molar-refractivity contribution in [3.63, 3.8) is 0 Å². The number of benzene rings is 2. The first-order valence-corrected chi connectivity index (χ1v) is 10.1. The topological polar surface area (TPSA) is 105 Å². The van der Waals surface area contributed by atoms with Gasteiger partial charge in [-0.1, -0.05) is 18.2 Å². The number of hydrogen-bond donors (Lipinski definition) is 1. The number of nitrogens with one attached hydrogen (secondary N) is 1. The number of carbonyl (C=O) groups excluding carboxylic acids is 1. The summed E-state index contributed by atoms with van der Waals surface area (Å²) < 4.78 is 3.52. The number of aromatic amines is 1. The van der Waals surface area contributed by atoms with Crippen LogP contribution in [-0.4, -0.2) is 35.5 Å². The molecule has 5 rings (SSSR count). The maximum atomic E-state index is 12.9. The number of ketones is 1. The minimum Gasteiger partial charge on any atom is -0.292 e. The number of nitrogens with zero attached hydrogens (tertiary/aromatic N) is 6. The van der Waals surface area contributed by atoms with Gasteiger partial charge >= 0.3 is 0 Å². The van der Waals surface area contributed by atoms with Gasteiger partial charge in [-0.15, -0.1) is 0 Å². The van der Waals surface area contributed by atoms with Crippen molar-refractivity contribution in [3.8, 4) is 17.2 Å². The molecule has 8 nitrogen and oxygen atoms in total. The second-order valence-electron chi connectivity index (χ2n) is 7.69. The highest BCUT2D eigenvalue weighted by Crippen LogP contribution is 2.25. The Morgan fingerprint density at radius 3 is 2.78 bits per heavy atom. The predicted octanol–water partition coefficient (Wildman–Crippen LogP) is 3.51. The zero-order valence-corrected chi connectivity index (χ0v) is 17.4. The van der Waals surface area contributed by atoms with E-state index in [-0.39, 0.29) is 12.2 Å². The summed E-state index contributed by atoms with van der Waals surface area (Å²) in [4.78, 5) is 12.9. The number of Topliss-reactive ketones (excluding diaryl/α,β-unsaturated/α-hetero) is 1. The zero-order chi connectivity index (χ0) is 22.1.